The van der Waals surface area contributed by atoms with Gasteiger partial charge in [0, 0.05) is 35.8 Å². The summed E-state index contributed by atoms with van der Waals surface area (Å²) in [6.45, 7) is 6.11. The minimum Gasteiger partial charge on any atom is -0.415 e. The number of halogens is 2. The molecule has 0 amide bonds. The lowest BCUT2D eigenvalue weighted by Gasteiger charge is -2.46. The van der Waals surface area contributed by atoms with Gasteiger partial charge in [0.05, 0.1) is 6.54 Å². The van der Waals surface area contributed by atoms with Gasteiger partial charge in [-0.15, -0.1) is 10.2 Å². The third-order valence-corrected chi connectivity index (χ3v) is 11.0. The number of piperidine rings is 1. The second-order valence-corrected chi connectivity index (χ2v) is 13.5. The third kappa shape index (κ3) is 6.00. The van der Waals surface area contributed by atoms with Crippen LogP contribution in [0.1, 0.15) is 49.1 Å². The summed E-state index contributed by atoms with van der Waals surface area (Å²) in [4.78, 5) is 2.56. The first kappa shape index (κ1) is 27.0. The van der Waals surface area contributed by atoms with Gasteiger partial charge in [0.15, 0.2) is 0 Å². The summed E-state index contributed by atoms with van der Waals surface area (Å²) in [6.07, 6.45) is 1.17. The fraction of sp³-hybridized carbons (Fsp3) is 0.481. The molecule has 2 aliphatic heterocycles. The van der Waals surface area contributed by atoms with Crippen LogP contribution >= 0.6 is 0 Å². The Morgan fingerprint density at radius 3 is 2.42 bits per heavy atom. The smallest absolute Gasteiger partial charge is 0.314 e. The fourth-order valence-corrected chi connectivity index (χ4v) is 8.20. The van der Waals surface area contributed by atoms with Crippen LogP contribution in [0, 0.1) is 6.92 Å². The zero-order valence-electron chi connectivity index (χ0n) is 21.9. The molecule has 2 fully saturated rings. The summed E-state index contributed by atoms with van der Waals surface area (Å²) < 4.78 is 53.0. The second-order valence-electron chi connectivity index (χ2n) is 10.4. The lowest BCUT2D eigenvalue weighted by atomic mass is 10.0. The Balaban J connectivity index is 1.34. The summed E-state index contributed by atoms with van der Waals surface area (Å²) in [7, 11) is -0.838. The summed E-state index contributed by atoms with van der Waals surface area (Å²) in [5.74, 6) is -0.635. The number of alkyl halides is 2. The number of rotatable bonds is 8. The lowest BCUT2D eigenvalue weighted by Crippen LogP contribution is -2.52. The van der Waals surface area contributed by atoms with Crippen molar-refractivity contribution in [1.82, 2.24) is 15.1 Å². The number of thiol groups is 1. The van der Waals surface area contributed by atoms with E-state index in [1.165, 1.54) is 0 Å². The first-order valence-corrected chi connectivity index (χ1v) is 15.4. The number of ether oxygens (including phenoxy) is 1. The Bertz CT molecular complexity index is 1260. The van der Waals surface area contributed by atoms with E-state index in [2.05, 4.69) is 25.5 Å². The standard InChI is InChI=1S/C27H35BF2N4O3S/c1-19-3-2-4-23(17-19)34(18-20-5-7-21(8-6-20)26-31-32-27(37-26)25(29)30)38(28,35)24-9-13-33(14-10-24)22-11-15-36-16-12-22/h2-8,17,22,24-25,38H,9-16,18,28H2,1H3. The molecular formula is C27H35BF2N4O3S. The minimum atomic E-state index is -2.80. The molecule has 11 heteroatoms. The van der Waals surface area contributed by atoms with Crippen LogP contribution in [0.2, 0.25) is 0 Å². The van der Waals surface area contributed by atoms with Gasteiger partial charge in [-0.3, -0.25) is 4.21 Å². The number of aryl methyl sites for hydroxylation is 1. The highest BCUT2D eigenvalue weighted by atomic mass is 32.2. The van der Waals surface area contributed by atoms with E-state index >= 15 is 0 Å². The quantitative estimate of drug-likeness (QED) is 0.340. The van der Waals surface area contributed by atoms with Crippen LogP contribution in [-0.4, -0.2) is 64.0 Å². The van der Waals surface area contributed by atoms with Crippen molar-refractivity contribution < 1.29 is 22.1 Å². The predicted molar refractivity (Wildman–Crippen MR) is 149 cm³/mol. The predicted octanol–water partition coefficient (Wildman–Crippen LogP) is 4.11. The molecule has 2 saturated heterocycles. The molecule has 204 valence electrons. The van der Waals surface area contributed by atoms with E-state index in [-0.39, 0.29) is 11.1 Å². The largest absolute Gasteiger partial charge is 0.415 e. The maximum absolute atomic E-state index is 14.6. The number of likely N-dealkylation sites (tertiary alicyclic amines) is 1. The van der Waals surface area contributed by atoms with Crippen molar-refractivity contribution in [3.05, 3.63) is 65.5 Å². The molecule has 0 aliphatic carbocycles. The topological polar surface area (TPSA) is 71.7 Å². The monoisotopic (exact) mass is 544 g/mol. The number of hydrogen-bond acceptors (Lipinski definition) is 6. The van der Waals surface area contributed by atoms with E-state index in [1.54, 1.807) is 12.1 Å². The first-order chi connectivity index (χ1) is 18.3. The number of hydrogen-bond donors (Lipinski definition) is 1. The molecular weight excluding hydrogens is 509 g/mol. The fourth-order valence-electron chi connectivity index (χ4n) is 5.59. The van der Waals surface area contributed by atoms with Crippen molar-refractivity contribution in [1.29, 1.82) is 0 Å². The number of nitrogens with zero attached hydrogens (tertiary/aromatic N) is 4. The van der Waals surface area contributed by atoms with Crippen molar-refractivity contribution in [3.63, 3.8) is 0 Å². The summed E-state index contributed by atoms with van der Waals surface area (Å²) in [5, 5.41) is 7.26. The van der Waals surface area contributed by atoms with Crippen LogP contribution in [-0.2, 0) is 21.3 Å². The molecule has 0 saturated carbocycles. The summed E-state index contributed by atoms with van der Waals surface area (Å²) >= 11 is 0. The van der Waals surface area contributed by atoms with Gasteiger partial charge >= 0.3 is 6.43 Å². The molecule has 0 spiro atoms. The van der Waals surface area contributed by atoms with Gasteiger partial charge in [-0.25, -0.2) is 0 Å². The van der Waals surface area contributed by atoms with Gasteiger partial charge in [-0.05, 0) is 81.1 Å². The number of aromatic nitrogens is 2. The Kier molecular flexibility index (Phi) is 8.25. The Morgan fingerprint density at radius 2 is 1.79 bits per heavy atom. The van der Waals surface area contributed by atoms with Crippen molar-refractivity contribution in [3.8, 4) is 11.5 Å². The molecule has 0 radical (unpaired) electrons. The molecule has 5 rings (SSSR count). The maximum atomic E-state index is 14.6. The van der Waals surface area contributed by atoms with E-state index in [0.717, 1.165) is 68.8 Å². The lowest BCUT2D eigenvalue weighted by molar-refractivity contribution is 0.0278. The van der Waals surface area contributed by atoms with Crippen LogP contribution < -0.4 is 4.31 Å². The van der Waals surface area contributed by atoms with E-state index in [0.29, 0.717) is 18.2 Å². The minimum absolute atomic E-state index is 0.0554. The molecule has 0 unspecified atom stereocenters. The highest BCUT2D eigenvalue weighted by Crippen LogP contribution is 2.33. The molecule has 0 atom stereocenters. The Morgan fingerprint density at radius 1 is 1.08 bits per heavy atom. The van der Waals surface area contributed by atoms with Crippen molar-refractivity contribution in [2.45, 2.75) is 56.9 Å². The van der Waals surface area contributed by atoms with E-state index < -0.39 is 22.3 Å². The van der Waals surface area contributed by atoms with Crippen LogP contribution in [0.25, 0.3) is 11.5 Å². The Hall–Kier alpha value is -2.63. The van der Waals surface area contributed by atoms with Gasteiger partial charge in [0.2, 0.25) is 13.0 Å². The molecule has 0 bridgehead atoms. The molecule has 38 heavy (non-hydrogen) atoms. The van der Waals surface area contributed by atoms with Crippen LogP contribution in [0.15, 0.2) is 52.9 Å². The zero-order valence-corrected chi connectivity index (χ0v) is 22.8. The summed E-state index contributed by atoms with van der Waals surface area (Å²) in [5.41, 5.74) is 3.59. The van der Waals surface area contributed by atoms with Gasteiger partial charge < -0.3 is 18.4 Å². The second kappa shape index (κ2) is 11.6. The van der Waals surface area contributed by atoms with Crippen LogP contribution in [0.5, 0.6) is 0 Å². The maximum Gasteiger partial charge on any atom is 0.314 e. The van der Waals surface area contributed by atoms with E-state index in [9.17, 15) is 13.0 Å². The molecule has 0 N–H and O–H groups in total. The molecule has 2 aliphatic rings. The normalized spacial score (nSPS) is 18.6. The molecule has 1 aromatic heterocycles. The Labute approximate surface area is 224 Å². The molecule has 7 nitrogen and oxygen atoms in total. The van der Waals surface area contributed by atoms with Crippen LogP contribution in [0.3, 0.4) is 0 Å². The van der Waals surface area contributed by atoms with Crippen molar-refractivity contribution >= 4 is 22.8 Å². The van der Waals surface area contributed by atoms with Crippen molar-refractivity contribution in [2.75, 3.05) is 30.6 Å². The van der Waals surface area contributed by atoms with E-state index in [1.807, 2.05) is 44.4 Å². The number of anilines is 1. The third-order valence-electron chi connectivity index (χ3n) is 7.82. The van der Waals surface area contributed by atoms with Crippen LogP contribution in [0.4, 0.5) is 14.5 Å². The van der Waals surface area contributed by atoms with Gasteiger partial charge in [0.25, 0.3) is 5.89 Å². The van der Waals surface area contributed by atoms with Gasteiger partial charge in [-0.2, -0.15) is 8.78 Å². The summed E-state index contributed by atoms with van der Waals surface area (Å²) in [6, 6.07) is 16.1. The SMILES string of the molecule is B[SH](=O)(C1CCN(C2CCOCC2)CC1)N(Cc1ccc(-c2nnc(C(F)F)o2)cc1)c1cccc(C)c1. The average Bonchev–Trinajstić information content (AvgIpc) is 3.43. The average molecular weight is 544 g/mol. The highest BCUT2D eigenvalue weighted by molar-refractivity contribution is 8.23. The van der Waals surface area contributed by atoms with Gasteiger partial charge in [0.1, 0.15) is 0 Å². The molecule has 3 heterocycles. The van der Waals surface area contributed by atoms with Crippen molar-refractivity contribution in [2.24, 2.45) is 0 Å². The van der Waals surface area contributed by atoms with Gasteiger partial charge in [-0.1, -0.05) is 34.2 Å². The molecule has 2 aromatic carbocycles. The first-order valence-electron chi connectivity index (χ1n) is 13.3. The molecule has 3 aromatic rings. The number of benzene rings is 2. The highest BCUT2D eigenvalue weighted by Gasteiger charge is 2.34. The van der Waals surface area contributed by atoms with E-state index in [4.69, 9.17) is 9.15 Å². The zero-order chi connectivity index (χ0) is 26.7.